The van der Waals surface area contributed by atoms with Crippen LogP contribution in [0.25, 0.3) is 11.0 Å². The van der Waals surface area contributed by atoms with Crippen LogP contribution in [0.15, 0.2) is 54.6 Å². The van der Waals surface area contributed by atoms with Gasteiger partial charge in [-0.15, -0.1) is 0 Å². The summed E-state index contributed by atoms with van der Waals surface area (Å²) < 4.78 is 2.47. The highest BCUT2D eigenvalue weighted by Gasteiger charge is 2.41. The lowest BCUT2D eigenvalue weighted by Crippen LogP contribution is -2.45. The number of imidazole rings is 1. The molecule has 0 aliphatic carbocycles. The van der Waals surface area contributed by atoms with Crippen molar-refractivity contribution in [2.45, 2.75) is 70.1 Å². The second kappa shape index (κ2) is 10.4. The molecule has 2 unspecified atom stereocenters. The number of aryl methyl sites for hydroxylation is 1. The third-order valence-electron chi connectivity index (χ3n) is 8.13. The van der Waals surface area contributed by atoms with E-state index in [0.717, 1.165) is 42.7 Å². The average Bonchev–Trinajstić information content (AvgIpc) is 3.32. The first-order chi connectivity index (χ1) is 17.4. The van der Waals surface area contributed by atoms with Crippen LogP contribution in [0.1, 0.15) is 62.5 Å². The maximum absolute atomic E-state index is 12.7. The number of benzene rings is 2. The molecule has 7 heteroatoms. The molecule has 2 aliphatic rings. The van der Waals surface area contributed by atoms with E-state index in [0.29, 0.717) is 18.1 Å². The second-order valence-electron chi connectivity index (χ2n) is 10.5. The number of carbonyl (C=O) groups is 2. The number of nitrogens with one attached hydrogen (secondary N) is 1. The molecule has 2 aromatic carbocycles. The number of rotatable bonds is 8. The van der Waals surface area contributed by atoms with Crippen LogP contribution in [0.3, 0.4) is 0 Å². The Morgan fingerprint density at radius 2 is 1.69 bits per heavy atom. The molecule has 0 radical (unpaired) electrons. The molecule has 2 amide bonds. The van der Waals surface area contributed by atoms with E-state index in [4.69, 9.17) is 4.98 Å². The predicted molar refractivity (Wildman–Crippen MR) is 142 cm³/mol. The highest BCUT2D eigenvalue weighted by Crippen LogP contribution is 2.42. The molecule has 0 saturated carbocycles. The van der Waals surface area contributed by atoms with Crippen molar-refractivity contribution in [3.63, 3.8) is 0 Å². The lowest BCUT2D eigenvalue weighted by atomic mass is 9.95. The standard InChI is InChI=1S/C29H37N5O2/c1-20-30-27-11-7-8-12-28(27)34(20)25-17-23-13-14-24(18-25)33(23)16-15-26(22-9-5-4-6-10-22)31-29(36)19-32(3)21(2)35/h4-12,23-26H,13-19H2,1-3H3,(H,31,36)/t23?,24?,25?,26-/m0/s1. The molecule has 3 atom stereocenters. The summed E-state index contributed by atoms with van der Waals surface area (Å²) in [5, 5.41) is 3.20. The molecule has 7 nitrogen and oxygen atoms in total. The fourth-order valence-electron chi connectivity index (χ4n) is 6.30. The van der Waals surface area contributed by atoms with E-state index >= 15 is 0 Å². The van der Waals surface area contributed by atoms with E-state index in [1.165, 1.54) is 30.2 Å². The van der Waals surface area contributed by atoms with Crippen molar-refractivity contribution in [3.05, 3.63) is 66.0 Å². The first-order valence-corrected chi connectivity index (χ1v) is 13.2. The smallest absolute Gasteiger partial charge is 0.240 e. The van der Waals surface area contributed by atoms with Crippen LogP contribution in [0.4, 0.5) is 0 Å². The maximum atomic E-state index is 12.7. The van der Waals surface area contributed by atoms with Crippen LogP contribution < -0.4 is 5.32 Å². The molecule has 5 rings (SSSR count). The molecule has 3 aromatic rings. The number of nitrogens with zero attached hydrogens (tertiary/aromatic N) is 4. The number of fused-ring (bicyclic) bond motifs is 3. The first-order valence-electron chi connectivity index (χ1n) is 13.2. The van der Waals surface area contributed by atoms with Gasteiger partial charge in [0, 0.05) is 38.6 Å². The van der Waals surface area contributed by atoms with E-state index in [-0.39, 0.29) is 24.4 Å². The number of amides is 2. The molecule has 2 bridgehead atoms. The van der Waals surface area contributed by atoms with Crippen LogP contribution in [0.2, 0.25) is 0 Å². The summed E-state index contributed by atoms with van der Waals surface area (Å²) >= 11 is 0. The summed E-state index contributed by atoms with van der Waals surface area (Å²) in [6.07, 6.45) is 5.61. The van der Waals surface area contributed by atoms with Gasteiger partial charge in [0.15, 0.2) is 0 Å². The molecule has 0 spiro atoms. The number of para-hydroxylation sites is 2. The minimum atomic E-state index is -0.120. The molecule has 3 heterocycles. The van der Waals surface area contributed by atoms with E-state index < -0.39 is 0 Å². The van der Waals surface area contributed by atoms with Gasteiger partial charge in [-0.1, -0.05) is 42.5 Å². The monoisotopic (exact) mass is 487 g/mol. The summed E-state index contributed by atoms with van der Waals surface area (Å²) in [5.41, 5.74) is 3.44. The lowest BCUT2D eigenvalue weighted by Gasteiger charge is -2.40. The number of likely N-dealkylation sites (N-methyl/N-ethyl adjacent to an activating group) is 1. The number of piperidine rings is 1. The molecular weight excluding hydrogens is 450 g/mol. The van der Waals surface area contributed by atoms with Gasteiger partial charge in [-0.25, -0.2) is 4.98 Å². The fourth-order valence-corrected chi connectivity index (χ4v) is 6.30. The Morgan fingerprint density at radius 1 is 1.03 bits per heavy atom. The summed E-state index contributed by atoms with van der Waals surface area (Å²) in [6, 6.07) is 20.2. The Balaban J connectivity index is 1.27. The Hall–Kier alpha value is -3.19. The Bertz CT molecular complexity index is 1210. The molecule has 190 valence electrons. The van der Waals surface area contributed by atoms with E-state index in [1.807, 2.05) is 18.2 Å². The molecule has 2 fully saturated rings. The Morgan fingerprint density at radius 3 is 2.39 bits per heavy atom. The van der Waals surface area contributed by atoms with Crippen LogP contribution in [0.5, 0.6) is 0 Å². The quantitative estimate of drug-likeness (QED) is 0.516. The summed E-state index contributed by atoms with van der Waals surface area (Å²) in [4.78, 5) is 33.3. The highest BCUT2D eigenvalue weighted by molar-refractivity contribution is 5.83. The van der Waals surface area contributed by atoms with Crippen molar-refractivity contribution in [2.75, 3.05) is 20.1 Å². The van der Waals surface area contributed by atoms with E-state index in [1.54, 1.807) is 7.05 Å². The van der Waals surface area contributed by atoms with Crippen molar-refractivity contribution in [2.24, 2.45) is 0 Å². The zero-order chi connectivity index (χ0) is 25.2. The van der Waals surface area contributed by atoms with Gasteiger partial charge in [0.25, 0.3) is 0 Å². The minimum Gasteiger partial charge on any atom is -0.348 e. The zero-order valence-corrected chi connectivity index (χ0v) is 21.6. The predicted octanol–water partition coefficient (Wildman–Crippen LogP) is 4.24. The fraction of sp³-hybridized carbons (Fsp3) is 0.483. The van der Waals surface area contributed by atoms with E-state index in [2.05, 4.69) is 58.1 Å². The SMILES string of the molecule is CC(=O)N(C)CC(=O)N[C@@H](CCN1C2CCC1CC(n1c(C)nc3ccccc31)C2)c1ccccc1. The highest BCUT2D eigenvalue weighted by atomic mass is 16.2. The summed E-state index contributed by atoms with van der Waals surface area (Å²) in [6.45, 7) is 4.64. The Kier molecular flexibility index (Phi) is 7.10. The maximum Gasteiger partial charge on any atom is 0.240 e. The van der Waals surface area contributed by atoms with E-state index in [9.17, 15) is 9.59 Å². The Labute approximate surface area is 213 Å². The van der Waals surface area contributed by atoms with Crippen LogP contribution in [-0.4, -0.2) is 63.4 Å². The van der Waals surface area contributed by atoms with Gasteiger partial charge in [-0.2, -0.15) is 0 Å². The van der Waals surface area contributed by atoms with Crippen molar-refractivity contribution >= 4 is 22.8 Å². The number of aromatic nitrogens is 2. The molecule has 1 N–H and O–H groups in total. The van der Waals surface area contributed by atoms with Crippen molar-refractivity contribution < 1.29 is 9.59 Å². The van der Waals surface area contributed by atoms with Gasteiger partial charge in [-0.3, -0.25) is 14.5 Å². The number of hydrogen-bond acceptors (Lipinski definition) is 4. The van der Waals surface area contributed by atoms with Gasteiger partial charge in [0.2, 0.25) is 11.8 Å². The van der Waals surface area contributed by atoms with Crippen molar-refractivity contribution in [3.8, 4) is 0 Å². The third kappa shape index (κ3) is 5.03. The van der Waals surface area contributed by atoms with Gasteiger partial charge < -0.3 is 14.8 Å². The van der Waals surface area contributed by atoms with Crippen LogP contribution >= 0.6 is 0 Å². The normalized spacial score (nSPS) is 22.5. The number of carbonyl (C=O) groups excluding carboxylic acids is 2. The largest absolute Gasteiger partial charge is 0.348 e. The minimum absolute atomic E-state index is 0.0731. The second-order valence-corrected chi connectivity index (χ2v) is 10.5. The molecule has 2 aliphatic heterocycles. The average molecular weight is 488 g/mol. The molecule has 2 saturated heterocycles. The number of hydrogen-bond donors (Lipinski definition) is 1. The van der Waals surface area contributed by atoms with Crippen LogP contribution in [-0.2, 0) is 9.59 Å². The van der Waals surface area contributed by atoms with Gasteiger partial charge in [-0.05, 0) is 56.7 Å². The molecule has 1 aromatic heterocycles. The lowest BCUT2D eigenvalue weighted by molar-refractivity contribution is -0.133. The van der Waals surface area contributed by atoms with Gasteiger partial charge in [0.1, 0.15) is 5.82 Å². The van der Waals surface area contributed by atoms with Crippen LogP contribution in [0, 0.1) is 6.92 Å². The molecule has 36 heavy (non-hydrogen) atoms. The van der Waals surface area contributed by atoms with Crippen molar-refractivity contribution in [1.29, 1.82) is 0 Å². The zero-order valence-electron chi connectivity index (χ0n) is 21.6. The van der Waals surface area contributed by atoms with Crippen molar-refractivity contribution in [1.82, 2.24) is 24.7 Å². The topological polar surface area (TPSA) is 70.5 Å². The van der Waals surface area contributed by atoms with Gasteiger partial charge in [0.05, 0.1) is 23.6 Å². The third-order valence-corrected chi connectivity index (χ3v) is 8.13. The van der Waals surface area contributed by atoms with Gasteiger partial charge >= 0.3 is 0 Å². The first kappa shape index (κ1) is 24.5. The molecular formula is C29H37N5O2. The summed E-state index contributed by atoms with van der Waals surface area (Å²) in [7, 11) is 1.66. The summed E-state index contributed by atoms with van der Waals surface area (Å²) in [5.74, 6) is 0.879.